The third-order valence-corrected chi connectivity index (χ3v) is 1.86. The highest BCUT2D eigenvalue weighted by Crippen LogP contribution is 2.17. The minimum Gasteiger partial charge on any atom is -0.333 e. The van der Waals surface area contributed by atoms with Crippen LogP contribution in [0.2, 0.25) is 0 Å². The van der Waals surface area contributed by atoms with E-state index in [0.717, 1.165) is 0 Å². The average molecular weight is 215 g/mol. The van der Waals surface area contributed by atoms with Crippen molar-refractivity contribution in [1.82, 2.24) is 35.3 Å². The Bertz CT molecular complexity index is 573. The monoisotopic (exact) mass is 215 g/mol. The number of nitrogens with one attached hydrogen (secondary N) is 1. The molecule has 0 aliphatic rings. The summed E-state index contributed by atoms with van der Waals surface area (Å²) >= 11 is 0. The minimum atomic E-state index is 0.340. The molecule has 3 aromatic rings. The van der Waals surface area contributed by atoms with Gasteiger partial charge in [-0.3, -0.25) is 5.10 Å². The molecule has 0 amide bonds. The molecule has 78 valence electrons. The van der Waals surface area contributed by atoms with Crippen molar-refractivity contribution in [3.05, 3.63) is 25.0 Å². The second kappa shape index (κ2) is 3.50. The van der Waals surface area contributed by atoms with Crippen molar-refractivity contribution in [3.63, 3.8) is 0 Å². The lowest BCUT2D eigenvalue weighted by Gasteiger charge is -1.88. The molecule has 0 aromatic carbocycles. The molecule has 0 saturated carbocycles. The molecule has 0 saturated heterocycles. The van der Waals surface area contributed by atoms with Gasteiger partial charge in [0.1, 0.15) is 12.7 Å². The molecule has 0 aliphatic heterocycles. The molecule has 3 aromatic heterocycles. The molecular weight excluding hydrogens is 210 g/mol. The van der Waals surface area contributed by atoms with Crippen molar-refractivity contribution < 1.29 is 4.52 Å². The predicted octanol–water partition coefficient (Wildman–Crippen LogP) is 0.312. The summed E-state index contributed by atoms with van der Waals surface area (Å²) in [7, 11) is 0. The number of hydrogen-bond acceptors (Lipinski definition) is 7. The highest BCUT2D eigenvalue weighted by molar-refractivity contribution is 5.52. The molecule has 0 atom stereocenters. The third-order valence-electron chi connectivity index (χ3n) is 1.86. The van der Waals surface area contributed by atoms with Gasteiger partial charge in [0.15, 0.2) is 5.82 Å². The average Bonchev–Trinajstić information content (AvgIpc) is 3.01. The third kappa shape index (κ3) is 1.41. The van der Waals surface area contributed by atoms with E-state index in [4.69, 9.17) is 4.52 Å². The second-order valence-electron chi connectivity index (χ2n) is 2.88. The molecule has 0 radical (unpaired) electrons. The highest BCUT2D eigenvalue weighted by Gasteiger charge is 2.12. The van der Waals surface area contributed by atoms with Crippen molar-refractivity contribution in [3.8, 4) is 23.1 Å². The van der Waals surface area contributed by atoms with Crippen molar-refractivity contribution in [2.75, 3.05) is 0 Å². The van der Waals surface area contributed by atoms with Crippen LogP contribution >= 0.6 is 0 Å². The van der Waals surface area contributed by atoms with Crippen molar-refractivity contribution in [2.24, 2.45) is 0 Å². The smallest absolute Gasteiger partial charge is 0.261 e. The van der Waals surface area contributed by atoms with E-state index in [-0.39, 0.29) is 0 Å². The van der Waals surface area contributed by atoms with Crippen LogP contribution in [-0.4, -0.2) is 35.3 Å². The molecule has 0 fully saturated rings. The van der Waals surface area contributed by atoms with Crippen LogP contribution in [0.4, 0.5) is 0 Å². The van der Waals surface area contributed by atoms with Gasteiger partial charge in [0.25, 0.3) is 5.89 Å². The Morgan fingerprint density at radius 1 is 1.12 bits per heavy atom. The Labute approximate surface area is 88.8 Å². The van der Waals surface area contributed by atoms with Crippen molar-refractivity contribution in [1.29, 1.82) is 0 Å². The Hall–Kier alpha value is -2.64. The molecule has 8 nitrogen and oxygen atoms in total. The van der Waals surface area contributed by atoms with E-state index in [2.05, 4.69) is 35.3 Å². The number of H-pyrrole nitrogens is 1. The molecule has 16 heavy (non-hydrogen) atoms. The summed E-state index contributed by atoms with van der Waals surface area (Å²) in [5, 5.41) is 10.1. The Morgan fingerprint density at radius 3 is 2.75 bits per heavy atom. The molecule has 8 heteroatoms. The quantitative estimate of drug-likeness (QED) is 0.655. The standard InChI is InChI=1S/C8H5N7O/c1-5(2-10-3-9-1)8-13-7(15-16-8)6-11-4-12-14-6/h1-4H,(H,11,12,14). The van der Waals surface area contributed by atoms with E-state index >= 15 is 0 Å². The molecule has 1 N–H and O–H groups in total. The fourth-order valence-electron chi connectivity index (χ4n) is 1.16. The van der Waals surface area contributed by atoms with Gasteiger partial charge in [0.2, 0.25) is 5.82 Å². The summed E-state index contributed by atoms with van der Waals surface area (Å²) in [4.78, 5) is 15.8. The summed E-state index contributed by atoms with van der Waals surface area (Å²) < 4.78 is 5.05. The van der Waals surface area contributed by atoms with Gasteiger partial charge in [-0.1, -0.05) is 5.16 Å². The number of aromatic amines is 1. The van der Waals surface area contributed by atoms with Gasteiger partial charge in [-0.2, -0.15) is 10.1 Å². The van der Waals surface area contributed by atoms with Gasteiger partial charge in [-0.15, -0.1) is 0 Å². The highest BCUT2D eigenvalue weighted by atomic mass is 16.5. The van der Waals surface area contributed by atoms with Crippen LogP contribution < -0.4 is 0 Å². The first-order valence-corrected chi connectivity index (χ1v) is 4.38. The molecule has 0 spiro atoms. The van der Waals surface area contributed by atoms with E-state index in [1.165, 1.54) is 12.7 Å². The van der Waals surface area contributed by atoms with Gasteiger partial charge in [-0.25, -0.2) is 15.0 Å². The van der Waals surface area contributed by atoms with Crippen LogP contribution in [0.25, 0.3) is 23.1 Å². The molecular formula is C8H5N7O. The number of rotatable bonds is 2. The van der Waals surface area contributed by atoms with Crippen LogP contribution in [0.3, 0.4) is 0 Å². The number of aromatic nitrogens is 7. The zero-order chi connectivity index (χ0) is 10.8. The first kappa shape index (κ1) is 8.65. The van der Waals surface area contributed by atoms with Crippen LogP contribution in [0.1, 0.15) is 0 Å². The SMILES string of the molecule is c1ncc(-c2nc(-c3ncn[nH]3)no2)cn1. The maximum absolute atomic E-state index is 5.05. The molecule has 0 aliphatic carbocycles. The second-order valence-corrected chi connectivity index (χ2v) is 2.88. The number of nitrogens with zero attached hydrogens (tertiary/aromatic N) is 6. The Morgan fingerprint density at radius 2 is 2.00 bits per heavy atom. The lowest BCUT2D eigenvalue weighted by Crippen LogP contribution is -1.84. The lowest BCUT2D eigenvalue weighted by molar-refractivity contribution is 0.431. The molecule has 0 unspecified atom stereocenters. The largest absolute Gasteiger partial charge is 0.333 e. The summed E-state index contributed by atoms with van der Waals surface area (Å²) in [6.07, 6.45) is 5.98. The summed E-state index contributed by atoms with van der Waals surface area (Å²) in [5.41, 5.74) is 0.653. The zero-order valence-electron chi connectivity index (χ0n) is 7.90. The van der Waals surface area contributed by atoms with Gasteiger partial charge in [0, 0.05) is 12.4 Å². The fourth-order valence-corrected chi connectivity index (χ4v) is 1.16. The van der Waals surface area contributed by atoms with Crippen LogP contribution in [0.5, 0.6) is 0 Å². The van der Waals surface area contributed by atoms with Gasteiger partial charge >= 0.3 is 0 Å². The Kier molecular flexibility index (Phi) is 1.89. The fraction of sp³-hybridized carbons (Fsp3) is 0. The van der Waals surface area contributed by atoms with Crippen LogP contribution in [0.15, 0.2) is 29.6 Å². The van der Waals surface area contributed by atoms with Crippen molar-refractivity contribution >= 4 is 0 Å². The first-order valence-electron chi connectivity index (χ1n) is 4.38. The predicted molar refractivity (Wildman–Crippen MR) is 50.7 cm³/mol. The summed E-state index contributed by atoms with van der Waals surface area (Å²) in [6, 6.07) is 0. The lowest BCUT2D eigenvalue weighted by atomic mass is 10.3. The molecule has 0 bridgehead atoms. The minimum absolute atomic E-state index is 0.340. The van der Waals surface area contributed by atoms with Gasteiger partial charge in [0.05, 0.1) is 5.56 Å². The topological polar surface area (TPSA) is 106 Å². The van der Waals surface area contributed by atoms with E-state index < -0.39 is 0 Å². The van der Waals surface area contributed by atoms with Crippen molar-refractivity contribution in [2.45, 2.75) is 0 Å². The van der Waals surface area contributed by atoms with E-state index in [1.807, 2.05) is 0 Å². The number of hydrogen-bond donors (Lipinski definition) is 1. The van der Waals surface area contributed by atoms with Crippen LogP contribution in [0, 0.1) is 0 Å². The maximum atomic E-state index is 5.05. The van der Waals surface area contributed by atoms with E-state index in [1.54, 1.807) is 12.4 Å². The van der Waals surface area contributed by atoms with E-state index in [9.17, 15) is 0 Å². The van der Waals surface area contributed by atoms with Gasteiger partial charge in [-0.05, 0) is 0 Å². The summed E-state index contributed by atoms with van der Waals surface area (Å²) in [6.45, 7) is 0. The maximum Gasteiger partial charge on any atom is 0.261 e. The normalized spacial score (nSPS) is 10.5. The zero-order valence-corrected chi connectivity index (χ0v) is 7.90. The summed E-state index contributed by atoms with van der Waals surface area (Å²) in [5.74, 6) is 1.13. The molecule has 3 heterocycles. The van der Waals surface area contributed by atoms with Gasteiger partial charge < -0.3 is 4.52 Å². The molecule has 3 rings (SSSR count). The van der Waals surface area contributed by atoms with Crippen LogP contribution in [-0.2, 0) is 0 Å². The Balaban J connectivity index is 2.00. The first-order chi connectivity index (χ1) is 7.93. The van der Waals surface area contributed by atoms with E-state index in [0.29, 0.717) is 23.1 Å².